The molecule has 0 aliphatic heterocycles. The lowest BCUT2D eigenvalue weighted by Crippen LogP contribution is -2.11. The summed E-state index contributed by atoms with van der Waals surface area (Å²) >= 11 is 5.77. The molecule has 0 saturated heterocycles. The van der Waals surface area contributed by atoms with Crippen LogP contribution in [0.2, 0.25) is 5.02 Å². The van der Waals surface area contributed by atoms with Gasteiger partial charge in [-0.3, -0.25) is 4.79 Å². The average molecular weight is 243 g/mol. The predicted octanol–water partition coefficient (Wildman–Crippen LogP) is 1.59. The Morgan fingerprint density at radius 2 is 2.00 bits per heavy atom. The highest BCUT2D eigenvalue weighted by atomic mass is 35.5. The number of ketones is 1. The Morgan fingerprint density at radius 1 is 1.38 bits per heavy atom. The number of halogens is 1. The van der Waals surface area contributed by atoms with E-state index >= 15 is 0 Å². The molecule has 1 aromatic carbocycles. The van der Waals surface area contributed by atoms with Crippen LogP contribution in [-0.2, 0) is 16.0 Å². The standard InChI is InChI=1S/C11H11ClO4/c1-6(13)2-7-3-8(5-9(12)4-7)10(14)11(15)16/h3-5,10,14H,2H2,1H3,(H,15,16). The Labute approximate surface area is 97.5 Å². The van der Waals surface area contributed by atoms with Crippen molar-refractivity contribution in [2.45, 2.75) is 19.4 Å². The van der Waals surface area contributed by atoms with Gasteiger partial charge in [0.25, 0.3) is 0 Å². The summed E-state index contributed by atoms with van der Waals surface area (Å²) < 4.78 is 0. The molecule has 0 bridgehead atoms. The molecule has 0 saturated carbocycles. The largest absolute Gasteiger partial charge is 0.479 e. The first-order chi connectivity index (χ1) is 7.40. The molecule has 86 valence electrons. The van der Waals surface area contributed by atoms with Crippen molar-refractivity contribution in [3.63, 3.8) is 0 Å². The molecule has 1 atom stereocenters. The fourth-order valence-electron chi connectivity index (χ4n) is 1.37. The van der Waals surface area contributed by atoms with Gasteiger partial charge >= 0.3 is 5.97 Å². The molecule has 5 heteroatoms. The minimum atomic E-state index is -1.62. The Morgan fingerprint density at radius 3 is 2.50 bits per heavy atom. The molecule has 4 nitrogen and oxygen atoms in total. The second kappa shape index (κ2) is 5.09. The molecule has 16 heavy (non-hydrogen) atoms. The van der Waals surface area contributed by atoms with E-state index in [0.717, 1.165) is 0 Å². The summed E-state index contributed by atoms with van der Waals surface area (Å²) in [5, 5.41) is 18.3. The quantitative estimate of drug-likeness (QED) is 0.841. The lowest BCUT2D eigenvalue weighted by Gasteiger charge is -2.08. The van der Waals surface area contributed by atoms with Crippen LogP contribution in [0.1, 0.15) is 24.2 Å². The number of carbonyl (C=O) groups is 2. The highest BCUT2D eigenvalue weighted by Crippen LogP contribution is 2.21. The van der Waals surface area contributed by atoms with Crippen molar-refractivity contribution in [3.8, 4) is 0 Å². The first-order valence-electron chi connectivity index (χ1n) is 4.60. The number of aliphatic hydroxyl groups excluding tert-OH is 1. The molecule has 0 aliphatic carbocycles. The third-order valence-electron chi connectivity index (χ3n) is 1.98. The number of Topliss-reactive ketones (excluding diaryl/α,β-unsaturated/α-hetero) is 1. The maximum absolute atomic E-state index is 10.9. The molecular weight excluding hydrogens is 232 g/mol. The molecule has 1 aromatic rings. The summed E-state index contributed by atoms with van der Waals surface area (Å²) in [5.74, 6) is -1.41. The van der Waals surface area contributed by atoms with Crippen molar-refractivity contribution >= 4 is 23.4 Å². The fourth-order valence-corrected chi connectivity index (χ4v) is 1.63. The van der Waals surface area contributed by atoms with E-state index in [1.807, 2.05) is 0 Å². The van der Waals surface area contributed by atoms with E-state index in [2.05, 4.69) is 0 Å². The molecule has 0 aliphatic rings. The van der Waals surface area contributed by atoms with Crippen LogP contribution in [0.3, 0.4) is 0 Å². The molecule has 1 unspecified atom stereocenters. The van der Waals surface area contributed by atoms with Gasteiger partial charge in [0.2, 0.25) is 0 Å². The topological polar surface area (TPSA) is 74.6 Å². The van der Waals surface area contributed by atoms with Gasteiger partial charge in [0.05, 0.1) is 0 Å². The van der Waals surface area contributed by atoms with Gasteiger partial charge in [-0.2, -0.15) is 0 Å². The van der Waals surface area contributed by atoms with E-state index in [1.54, 1.807) is 6.07 Å². The van der Waals surface area contributed by atoms with Crippen molar-refractivity contribution in [2.24, 2.45) is 0 Å². The zero-order chi connectivity index (χ0) is 12.3. The first kappa shape index (κ1) is 12.7. The molecule has 0 amide bonds. The van der Waals surface area contributed by atoms with Crippen LogP contribution in [0.4, 0.5) is 0 Å². The number of carboxylic acid groups (broad SMARTS) is 1. The van der Waals surface area contributed by atoms with E-state index < -0.39 is 12.1 Å². The molecule has 0 heterocycles. The Balaban J connectivity index is 3.07. The number of hydrogen-bond acceptors (Lipinski definition) is 3. The van der Waals surface area contributed by atoms with Gasteiger partial charge < -0.3 is 10.2 Å². The van der Waals surface area contributed by atoms with Crippen molar-refractivity contribution in [1.82, 2.24) is 0 Å². The van der Waals surface area contributed by atoms with Gasteiger partial charge in [0, 0.05) is 11.4 Å². The lowest BCUT2D eigenvalue weighted by atomic mass is 10.0. The van der Waals surface area contributed by atoms with Gasteiger partial charge in [0.1, 0.15) is 5.78 Å². The van der Waals surface area contributed by atoms with E-state index in [0.29, 0.717) is 10.6 Å². The first-order valence-corrected chi connectivity index (χ1v) is 4.97. The van der Waals surface area contributed by atoms with Gasteiger partial charge in [-0.05, 0) is 30.2 Å². The highest BCUT2D eigenvalue weighted by molar-refractivity contribution is 6.30. The molecule has 0 radical (unpaired) electrons. The van der Waals surface area contributed by atoms with Crippen LogP contribution in [0.25, 0.3) is 0 Å². The predicted molar refractivity (Wildman–Crippen MR) is 58.4 cm³/mol. The van der Waals surface area contributed by atoms with E-state index in [1.165, 1.54) is 19.1 Å². The molecule has 0 fully saturated rings. The maximum Gasteiger partial charge on any atom is 0.337 e. The third kappa shape index (κ3) is 3.32. The smallest absolute Gasteiger partial charge is 0.337 e. The van der Waals surface area contributed by atoms with Crippen molar-refractivity contribution in [1.29, 1.82) is 0 Å². The van der Waals surface area contributed by atoms with Gasteiger partial charge in [0.15, 0.2) is 6.10 Å². The molecular formula is C11H11ClO4. The number of hydrogen-bond donors (Lipinski definition) is 2. The van der Waals surface area contributed by atoms with Crippen LogP contribution in [-0.4, -0.2) is 22.0 Å². The van der Waals surface area contributed by atoms with Gasteiger partial charge in [-0.15, -0.1) is 0 Å². The van der Waals surface area contributed by atoms with Gasteiger partial charge in [-0.1, -0.05) is 17.7 Å². The lowest BCUT2D eigenvalue weighted by molar-refractivity contribution is -0.146. The van der Waals surface area contributed by atoms with E-state index in [-0.39, 0.29) is 17.8 Å². The van der Waals surface area contributed by atoms with Gasteiger partial charge in [-0.25, -0.2) is 4.79 Å². The van der Waals surface area contributed by atoms with E-state index in [4.69, 9.17) is 16.7 Å². The van der Waals surface area contributed by atoms with E-state index in [9.17, 15) is 14.7 Å². The zero-order valence-corrected chi connectivity index (χ0v) is 9.36. The summed E-state index contributed by atoms with van der Waals surface area (Å²) in [6.07, 6.45) is -1.45. The van der Waals surface area contributed by atoms with Crippen LogP contribution >= 0.6 is 11.6 Å². The number of rotatable bonds is 4. The number of aliphatic hydroxyl groups is 1. The van der Waals surface area contributed by atoms with Crippen molar-refractivity contribution in [2.75, 3.05) is 0 Å². The van der Waals surface area contributed by atoms with Crippen LogP contribution in [0.15, 0.2) is 18.2 Å². The fraction of sp³-hybridized carbons (Fsp3) is 0.273. The Kier molecular flexibility index (Phi) is 4.04. The van der Waals surface area contributed by atoms with Crippen molar-refractivity contribution in [3.05, 3.63) is 34.3 Å². The van der Waals surface area contributed by atoms with Crippen LogP contribution in [0, 0.1) is 0 Å². The second-order valence-corrected chi connectivity index (χ2v) is 3.95. The maximum atomic E-state index is 10.9. The average Bonchev–Trinajstić information content (AvgIpc) is 2.14. The monoisotopic (exact) mass is 242 g/mol. The second-order valence-electron chi connectivity index (χ2n) is 3.51. The molecule has 2 N–H and O–H groups in total. The molecule has 0 spiro atoms. The zero-order valence-electron chi connectivity index (χ0n) is 8.61. The minimum Gasteiger partial charge on any atom is -0.479 e. The summed E-state index contributed by atoms with van der Waals surface area (Å²) in [4.78, 5) is 21.5. The number of benzene rings is 1. The van der Waals surface area contributed by atoms with Crippen LogP contribution < -0.4 is 0 Å². The minimum absolute atomic E-state index is 0.0574. The Bertz CT molecular complexity index is 428. The number of carboxylic acids is 1. The van der Waals surface area contributed by atoms with Crippen LogP contribution in [0.5, 0.6) is 0 Å². The SMILES string of the molecule is CC(=O)Cc1cc(Cl)cc(C(O)C(=O)O)c1. The Hall–Kier alpha value is -1.39. The third-order valence-corrected chi connectivity index (χ3v) is 2.20. The highest BCUT2D eigenvalue weighted by Gasteiger charge is 2.17. The summed E-state index contributed by atoms with van der Waals surface area (Å²) in [6, 6.07) is 4.40. The summed E-state index contributed by atoms with van der Waals surface area (Å²) in [5.41, 5.74) is 0.770. The summed E-state index contributed by atoms with van der Waals surface area (Å²) in [6.45, 7) is 1.42. The van der Waals surface area contributed by atoms with Crippen molar-refractivity contribution < 1.29 is 19.8 Å². The summed E-state index contributed by atoms with van der Waals surface area (Å²) in [7, 11) is 0. The number of carbonyl (C=O) groups excluding carboxylic acids is 1. The molecule has 1 rings (SSSR count). The number of aliphatic carboxylic acids is 1. The normalized spacial score (nSPS) is 12.2. The molecule has 0 aromatic heterocycles.